The minimum Gasteiger partial charge on any atom is -0.309 e. The van der Waals surface area contributed by atoms with Crippen molar-refractivity contribution in [2.24, 2.45) is 0 Å². The van der Waals surface area contributed by atoms with Crippen molar-refractivity contribution in [3.63, 3.8) is 0 Å². The predicted octanol–water partition coefficient (Wildman–Crippen LogP) is 3.89. The molecule has 3 nitrogen and oxygen atoms in total. The van der Waals surface area contributed by atoms with E-state index in [4.69, 9.17) is 4.98 Å². The third kappa shape index (κ3) is 3.12. The fourth-order valence-electron chi connectivity index (χ4n) is 2.56. The average Bonchev–Trinajstić information content (AvgIpc) is 2.89. The van der Waals surface area contributed by atoms with Crippen LogP contribution < -0.4 is 5.32 Å². The van der Waals surface area contributed by atoms with Gasteiger partial charge in [0, 0.05) is 12.6 Å². The Bertz CT molecular complexity index is 702. The second-order valence-electron chi connectivity index (χ2n) is 5.10. The summed E-state index contributed by atoms with van der Waals surface area (Å²) in [5, 5.41) is 4.70. The first-order chi connectivity index (χ1) is 10.3. The molecule has 0 radical (unpaired) electrons. The van der Waals surface area contributed by atoms with E-state index >= 15 is 0 Å². The molecular formula is C17H19N3S. The van der Waals surface area contributed by atoms with Gasteiger partial charge in [-0.1, -0.05) is 25.1 Å². The number of pyridine rings is 1. The maximum atomic E-state index is 4.74. The monoisotopic (exact) mass is 297 g/mol. The van der Waals surface area contributed by atoms with Crippen molar-refractivity contribution >= 4 is 21.6 Å². The SMILES string of the molecule is CCNC(Cc1nc2ccccc2s1)c1ncccc1C. The molecule has 108 valence electrons. The molecule has 0 aliphatic rings. The van der Waals surface area contributed by atoms with Crippen LogP contribution in [-0.4, -0.2) is 16.5 Å². The summed E-state index contributed by atoms with van der Waals surface area (Å²) in [5.74, 6) is 0. The van der Waals surface area contributed by atoms with Gasteiger partial charge in [0.2, 0.25) is 0 Å². The second kappa shape index (κ2) is 6.33. The van der Waals surface area contributed by atoms with Crippen LogP contribution in [0.1, 0.15) is 29.2 Å². The number of nitrogens with zero attached hydrogens (tertiary/aromatic N) is 2. The summed E-state index contributed by atoms with van der Waals surface area (Å²) in [6.07, 6.45) is 2.75. The van der Waals surface area contributed by atoms with E-state index in [1.807, 2.05) is 18.3 Å². The van der Waals surface area contributed by atoms with Crippen LogP contribution in [0.5, 0.6) is 0 Å². The molecule has 0 amide bonds. The number of aromatic nitrogens is 2. The molecule has 3 aromatic rings. The molecule has 0 spiro atoms. The van der Waals surface area contributed by atoms with Gasteiger partial charge in [0.15, 0.2) is 0 Å². The fourth-order valence-corrected chi connectivity index (χ4v) is 3.57. The zero-order valence-electron chi connectivity index (χ0n) is 12.3. The molecule has 2 heterocycles. The summed E-state index contributed by atoms with van der Waals surface area (Å²) in [4.78, 5) is 9.30. The van der Waals surface area contributed by atoms with E-state index in [-0.39, 0.29) is 6.04 Å². The van der Waals surface area contributed by atoms with Crippen molar-refractivity contribution in [2.45, 2.75) is 26.3 Å². The van der Waals surface area contributed by atoms with Gasteiger partial charge in [0.05, 0.1) is 27.0 Å². The van der Waals surface area contributed by atoms with E-state index in [1.165, 1.54) is 10.3 Å². The van der Waals surface area contributed by atoms with Gasteiger partial charge in [-0.05, 0) is 37.2 Å². The molecule has 4 heteroatoms. The lowest BCUT2D eigenvalue weighted by Crippen LogP contribution is -2.24. The first kappa shape index (κ1) is 14.2. The number of fused-ring (bicyclic) bond motifs is 1. The summed E-state index contributed by atoms with van der Waals surface area (Å²) in [6, 6.07) is 12.6. The highest BCUT2D eigenvalue weighted by Crippen LogP contribution is 2.26. The maximum Gasteiger partial charge on any atom is 0.0958 e. The Balaban J connectivity index is 1.90. The van der Waals surface area contributed by atoms with Crippen molar-refractivity contribution in [3.8, 4) is 0 Å². The Kier molecular flexibility index (Phi) is 4.27. The topological polar surface area (TPSA) is 37.8 Å². The summed E-state index contributed by atoms with van der Waals surface area (Å²) in [7, 11) is 0. The third-order valence-corrected chi connectivity index (χ3v) is 4.61. The Hall–Kier alpha value is -1.78. The third-order valence-electron chi connectivity index (χ3n) is 3.55. The zero-order chi connectivity index (χ0) is 14.7. The van der Waals surface area contributed by atoms with E-state index < -0.39 is 0 Å². The van der Waals surface area contributed by atoms with Crippen molar-refractivity contribution in [3.05, 3.63) is 58.9 Å². The van der Waals surface area contributed by atoms with Gasteiger partial charge in [-0.25, -0.2) is 4.98 Å². The molecule has 1 unspecified atom stereocenters. The van der Waals surface area contributed by atoms with E-state index in [2.05, 4.69) is 48.4 Å². The normalized spacial score (nSPS) is 12.7. The minimum absolute atomic E-state index is 0.219. The van der Waals surface area contributed by atoms with Gasteiger partial charge in [0.1, 0.15) is 0 Å². The molecule has 1 aromatic carbocycles. The van der Waals surface area contributed by atoms with E-state index in [1.54, 1.807) is 11.3 Å². The standard InChI is InChI=1S/C17H19N3S/c1-3-18-14(17-12(2)7-6-10-19-17)11-16-20-13-8-4-5-9-15(13)21-16/h4-10,14,18H,3,11H2,1-2H3. The quantitative estimate of drug-likeness (QED) is 0.776. The van der Waals surface area contributed by atoms with Crippen molar-refractivity contribution < 1.29 is 0 Å². The lowest BCUT2D eigenvalue weighted by Gasteiger charge is -2.17. The van der Waals surface area contributed by atoms with Gasteiger partial charge in [0.25, 0.3) is 0 Å². The fraction of sp³-hybridized carbons (Fsp3) is 0.294. The Morgan fingerprint density at radius 2 is 2.05 bits per heavy atom. The molecular weight excluding hydrogens is 278 g/mol. The summed E-state index contributed by atoms with van der Waals surface area (Å²) in [5.41, 5.74) is 3.44. The van der Waals surface area contributed by atoms with Crippen LogP contribution in [-0.2, 0) is 6.42 Å². The number of aryl methyl sites for hydroxylation is 1. The number of hydrogen-bond acceptors (Lipinski definition) is 4. The van der Waals surface area contributed by atoms with E-state index in [0.29, 0.717) is 0 Å². The number of thiazole rings is 1. The smallest absolute Gasteiger partial charge is 0.0958 e. The number of nitrogens with one attached hydrogen (secondary N) is 1. The number of para-hydroxylation sites is 1. The molecule has 0 saturated heterocycles. The minimum atomic E-state index is 0.219. The van der Waals surface area contributed by atoms with Crippen LogP contribution in [0.4, 0.5) is 0 Å². The second-order valence-corrected chi connectivity index (χ2v) is 6.21. The number of likely N-dealkylation sites (N-methyl/N-ethyl adjacent to an activating group) is 1. The lowest BCUT2D eigenvalue weighted by atomic mass is 10.1. The molecule has 1 atom stereocenters. The largest absolute Gasteiger partial charge is 0.309 e. The van der Waals surface area contributed by atoms with Crippen LogP contribution >= 0.6 is 11.3 Å². The molecule has 3 rings (SSSR count). The van der Waals surface area contributed by atoms with Crippen molar-refractivity contribution in [1.82, 2.24) is 15.3 Å². The van der Waals surface area contributed by atoms with Crippen molar-refractivity contribution in [1.29, 1.82) is 0 Å². The molecule has 0 fully saturated rings. The number of benzene rings is 1. The van der Waals surface area contributed by atoms with Crippen LogP contribution in [0.2, 0.25) is 0 Å². The van der Waals surface area contributed by atoms with Gasteiger partial charge < -0.3 is 5.32 Å². The molecule has 0 aliphatic heterocycles. The van der Waals surface area contributed by atoms with Gasteiger partial charge in [-0.15, -0.1) is 11.3 Å². The molecule has 0 bridgehead atoms. The highest BCUT2D eigenvalue weighted by Gasteiger charge is 2.17. The van der Waals surface area contributed by atoms with Gasteiger partial charge in [-0.3, -0.25) is 4.98 Å². The highest BCUT2D eigenvalue weighted by atomic mass is 32.1. The number of hydrogen-bond donors (Lipinski definition) is 1. The number of rotatable bonds is 5. The Labute approximate surface area is 129 Å². The zero-order valence-corrected chi connectivity index (χ0v) is 13.2. The Morgan fingerprint density at radius 1 is 1.19 bits per heavy atom. The molecule has 1 N–H and O–H groups in total. The van der Waals surface area contributed by atoms with E-state index in [9.17, 15) is 0 Å². The van der Waals surface area contributed by atoms with Gasteiger partial charge >= 0.3 is 0 Å². The van der Waals surface area contributed by atoms with Crippen LogP contribution in [0.25, 0.3) is 10.2 Å². The van der Waals surface area contributed by atoms with Crippen LogP contribution in [0.3, 0.4) is 0 Å². The van der Waals surface area contributed by atoms with E-state index in [0.717, 1.165) is 29.2 Å². The summed E-state index contributed by atoms with van der Waals surface area (Å²) >= 11 is 1.77. The lowest BCUT2D eigenvalue weighted by molar-refractivity contribution is 0.533. The first-order valence-electron chi connectivity index (χ1n) is 7.27. The first-order valence-corrected chi connectivity index (χ1v) is 8.09. The maximum absolute atomic E-state index is 4.74. The van der Waals surface area contributed by atoms with Crippen LogP contribution in [0, 0.1) is 6.92 Å². The summed E-state index contributed by atoms with van der Waals surface area (Å²) < 4.78 is 1.25. The van der Waals surface area contributed by atoms with Crippen LogP contribution in [0.15, 0.2) is 42.6 Å². The van der Waals surface area contributed by atoms with Crippen molar-refractivity contribution in [2.75, 3.05) is 6.54 Å². The summed E-state index contributed by atoms with van der Waals surface area (Å²) in [6.45, 7) is 5.17. The highest BCUT2D eigenvalue weighted by molar-refractivity contribution is 7.18. The molecule has 0 saturated carbocycles. The molecule has 2 aromatic heterocycles. The molecule has 21 heavy (non-hydrogen) atoms. The average molecular weight is 297 g/mol. The van der Waals surface area contributed by atoms with Gasteiger partial charge in [-0.2, -0.15) is 0 Å². The predicted molar refractivity (Wildman–Crippen MR) is 88.7 cm³/mol. The Morgan fingerprint density at radius 3 is 2.81 bits per heavy atom. The molecule has 0 aliphatic carbocycles.